The molecular weight excluding hydrogens is 378 g/mol. The van der Waals surface area contributed by atoms with Gasteiger partial charge in [0.25, 0.3) is 0 Å². The van der Waals surface area contributed by atoms with Gasteiger partial charge in [-0.25, -0.2) is 0 Å². The van der Waals surface area contributed by atoms with E-state index in [1.165, 1.54) is 0 Å². The first kappa shape index (κ1) is 20.4. The molecule has 3 saturated heterocycles. The topological polar surface area (TPSA) is 160 Å². The second kappa shape index (κ2) is 7.42. The van der Waals surface area contributed by atoms with E-state index < -0.39 is 73.6 Å². The van der Waals surface area contributed by atoms with Crippen LogP contribution in [0.5, 0.6) is 0 Å². The number of nitrogens with zero attached hydrogens (tertiary/aromatic N) is 1. The normalized spacial score (nSPS) is 50.3. The van der Waals surface area contributed by atoms with Gasteiger partial charge < -0.3 is 49.3 Å². The highest BCUT2D eigenvalue weighted by atomic mass is 16.8. The maximum absolute atomic E-state index is 10.5. The Kier molecular flexibility index (Phi) is 5.40. The van der Waals surface area contributed by atoms with Crippen molar-refractivity contribution in [1.82, 2.24) is 0 Å². The van der Waals surface area contributed by atoms with Gasteiger partial charge in [-0.3, -0.25) is 0 Å². The van der Waals surface area contributed by atoms with Gasteiger partial charge in [-0.05, 0) is 13.8 Å². The summed E-state index contributed by atoms with van der Waals surface area (Å²) >= 11 is 0. The molecule has 0 radical (unpaired) electrons. The predicted molar refractivity (Wildman–Crippen MR) is 90.0 cm³/mol. The molecule has 0 saturated carbocycles. The quantitative estimate of drug-likeness (QED) is 0.341. The van der Waals surface area contributed by atoms with E-state index in [0.29, 0.717) is 12.1 Å². The van der Waals surface area contributed by atoms with Crippen LogP contribution in [0.2, 0.25) is 0 Å². The van der Waals surface area contributed by atoms with E-state index in [0.717, 1.165) is 0 Å². The Morgan fingerprint density at radius 1 is 0.964 bits per heavy atom. The van der Waals surface area contributed by atoms with Gasteiger partial charge in [0.2, 0.25) is 0 Å². The van der Waals surface area contributed by atoms with Crippen molar-refractivity contribution < 1.29 is 49.3 Å². The van der Waals surface area contributed by atoms with E-state index in [1.807, 2.05) is 0 Å². The lowest BCUT2D eigenvalue weighted by Gasteiger charge is -2.40. The van der Waals surface area contributed by atoms with Gasteiger partial charge in [-0.1, -0.05) is 5.16 Å². The van der Waals surface area contributed by atoms with Crippen LogP contribution in [0.4, 0.5) is 0 Å². The van der Waals surface area contributed by atoms with Crippen molar-refractivity contribution in [3.8, 4) is 0 Å². The number of oxime groups is 1. The highest BCUT2D eigenvalue weighted by Gasteiger charge is 2.56. The molecule has 0 aliphatic carbocycles. The summed E-state index contributed by atoms with van der Waals surface area (Å²) < 4.78 is 22.5. The molecule has 4 heterocycles. The molecule has 0 aromatic heterocycles. The number of hydrogen-bond acceptors (Lipinski definition) is 11. The van der Waals surface area contributed by atoms with Crippen molar-refractivity contribution in [1.29, 1.82) is 0 Å². The first-order valence-corrected chi connectivity index (χ1v) is 9.42. The number of fused-ring (bicyclic) bond motifs is 1. The molecule has 0 bridgehead atoms. The Balaban J connectivity index is 1.34. The summed E-state index contributed by atoms with van der Waals surface area (Å²) in [4.78, 5) is 5.39. The van der Waals surface area contributed by atoms with Crippen molar-refractivity contribution >= 4 is 5.71 Å². The second-order valence-electron chi connectivity index (χ2n) is 8.13. The SMILES string of the molecule is CC1(C)O[C@H]2O[C@H](C3=NO[C@@H](C[C@H]4O[C@H](CO)[C@@H](O)[C@H](O)[C@@H]4O)C3)[C@H](O)[C@H]2O1. The van der Waals surface area contributed by atoms with Crippen LogP contribution in [0.25, 0.3) is 0 Å². The zero-order valence-corrected chi connectivity index (χ0v) is 15.6. The van der Waals surface area contributed by atoms with Crippen molar-refractivity contribution in [2.75, 3.05) is 6.61 Å². The van der Waals surface area contributed by atoms with Crippen LogP contribution in [-0.4, -0.2) is 105 Å². The van der Waals surface area contributed by atoms with Crippen molar-refractivity contribution in [3.05, 3.63) is 0 Å². The molecule has 0 unspecified atom stereocenters. The van der Waals surface area contributed by atoms with Gasteiger partial charge in [0.15, 0.2) is 12.1 Å². The van der Waals surface area contributed by atoms with Gasteiger partial charge in [0.1, 0.15) is 48.8 Å². The third-order valence-electron chi connectivity index (χ3n) is 5.59. The summed E-state index contributed by atoms with van der Waals surface area (Å²) in [5.41, 5.74) is 0.487. The van der Waals surface area contributed by atoms with Crippen molar-refractivity contribution in [2.24, 2.45) is 5.16 Å². The van der Waals surface area contributed by atoms with E-state index >= 15 is 0 Å². The van der Waals surface area contributed by atoms with E-state index in [-0.39, 0.29) is 6.42 Å². The van der Waals surface area contributed by atoms with Crippen LogP contribution in [0.15, 0.2) is 5.16 Å². The molecule has 11 nitrogen and oxygen atoms in total. The van der Waals surface area contributed by atoms with Crippen molar-refractivity contribution in [2.45, 2.75) is 93.7 Å². The largest absolute Gasteiger partial charge is 0.394 e. The average molecular weight is 405 g/mol. The van der Waals surface area contributed by atoms with Crippen LogP contribution >= 0.6 is 0 Å². The fourth-order valence-electron chi connectivity index (χ4n) is 4.14. The van der Waals surface area contributed by atoms with Crippen LogP contribution in [-0.2, 0) is 23.8 Å². The average Bonchev–Trinajstić information content (AvgIpc) is 3.30. The molecule has 0 aromatic carbocycles. The second-order valence-corrected chi connectivity index (χ2v) is 8.13. The predicted octanol–water partition coefficient (Wildman–Crippen LogP) is -2.40. The van der Waals surface area contributed by atoms with Crippen LogP contribution in [0.1, 0.15) is 26.7 Å². The minimum atomic E-state index is -1.44. The number of aliphatic hydroxyl groups excluding tert-OH is 5. The molecule has 4 aliphatic heterocycles. The Labute approximate surface area is 161 Å². The number of ether oxygens (including phenoxy) is 4. The molecule has 4 rings (SSSR count). The van der Waals surface area contributed by atoms with Gasteiger partial charge >= 0.3 is 0 Å². The molecule has 0 spiro atoms. The third-order valence-corrected chi connectivity index (χ3v) is 5.59. The van der Waals surface area contributed by atoms with Crippen molar-refractivity contribution in [3.63, 3.8) is 0 Å². The molecule has 4 aliphatic rings. The minimum Gasteiger partial charge on any atom is -0.394 e. The maximum atomic E-state index is 10.5. The van der Waals surface area contributed by atoms with E-state index in [1.54, 1.807) is 13.8 Å². The van der Waals surface area contributed by atoms with Gasteiger partial charge in [-0.2, -0.15) is 0 Å². The van der Waals surface area contributed by atoms with E-state index in [4.69, 9.17) is 23.8 Å². The fourth-order valence-corrected chi connectivity index (χ4v) is 4.14. The summed E-state index contributed by atoms with van der Waals surface area (Å²) in [5, 5.41) is 53.7. The fraction of sp³-hybridized carbons (Fsp3) is 0.941. The Bertz CT molecular complexity index is 613. The Morgan fingerprint density at radius 3 is 2.36 bits per heavy atom. The minimum absolute atomic E-state index is 0.171. The zero-order chi connectivity index (χ0) is 20.2. The standard InChI is InChI=1S/C17H27NO10/c1-17(2)26-15-13(23)14(25-16(15)27-17)7-3-6(28-18-7)4-8-10(20)12(22)11(21)9(5-19)24-8/h6,8-16,19-23H,3-5H2,1-2H3/t6-,8-,9-,10-,11-,12-,13+,14-,15-,16-/m1/s1. The first-order valence-electron chi connectivity index (χ1n) is 9.42. The van der Waals surface area contributed by atoms with Crippen LogP contribution in [0, 0.1) is 0 Å². The lowest BCUT2D eigenvalue weighted by molar-refractivity contribution is -0.234. The number of hydrogen-bond donors (Lipinski definition) is 5. The summed E-state index contributed by atoms with van der Waals surface area (Å²) in [6.07, 6.45) is -8.98. The summed E-state index contributed by atoms with van der Waals surface area (Å²) in [6, 6.07) is 0. The molecule has 3 fully saturated rings. The monoisotopic (exact) mass is 405 g/mol. The molecular formula is C17H27NO10. The molecule has 11 heteroatoms. The third kappa shape index (κ3) is 3.55. The zero-order valence-electron chi connectivity index (χ0n) is 15.6. The first-order chi connectivity index (χ1) is 13.2. The van der Waals surface area contributed by atoms with Gasteiger partial charge in [-0.15, -0.1) is 0 Å². The molecule has 0 amide bonds. The summed E-state index contributed by atoms with van der Waals surface area (Å²) in [7, 11) is 0. The highest BCUT2D eigenvalue weighted by Crippen LogP contribution is 2.39. The lowest BCUT2D eigenvalue weighted by Crippen LogP contribution is -2.59. The lowest BCUT2D eigenvalue weighted by atomic mass is 9.91. The van der Waals surface area contributed by atoms with Gasteiger partial charge in [0, 0.05) is 12.8 Å². The summed E-state index contributed by atoms with van der Waals surface area (Å²) in [5.74, 6) is -0.832. The molecule has 10 atom stereocenters. The van der Waals surface area contributed by atoms with E-state index in [9.17, 15) is 25.5 Å². The maximum Gasteiger partial charge on any atom is 0.190 e. The molecule has 5 N–H and O–H groups in total. The molecule has 28 heavy (non-hydrogen) atoms. The molecule has 0 aromatic rings. The van der Waals surface area contributed by atoms with E-state index in [2.05, 4.69) is 5.16 Å². The summed E-state index contributed by atoms with van der Waals surface area (Å²) in [6.45, 7) is 2.99. The highest BCUT2D eigenvalue weighted by molar-refractivity contribution is 5.90. The Hall–Kier alpha value is -0.890. The van der Waals surface area contributed by atoms with Crippen LogP contribution < -0.4 is 0 Å². The van der Waals surface area contributed by atoms with Crippen LogP contribution in [0.3, 0.4) is 0 Å². The Morgan fingerprint density at radius 2 is 1.68 bits per heavy atom. The molecule has 160 valence electrons. The number of aliphatic hydroxyl groups is 5. The smallest absolute Gasteiger partial charge is 0.190 e. The number of rotatable bonds is 4. The van der Waals surface area contributed by atoms with Gasteiger partial charge in [0.05, 0.1) is 18.4 Å².